The van der Waals surface area contributed by atoms with Gasteiger partial charge in [-0.2, -0.15) is 11.8 Å². The van der Waals surface area contributed by atoms with Crippen molar-refractivity contribution in [2.75, 3.05) is 23.0 Å². The Morgan fingerprint density at radius 2 is 2.21 bits per heavy atom. The first-order valence-electron chi connectivity index (χ1n) is 6.98. The number of nitrogens with zero attached hydrogens (tertiary/aromatic N) is 2. The van der Waals surface area contributed by atoms with E-state index in [2.05, 4.69) is 25.7 Å². The third-order valence-corrected chi connectivity index (χ3v) is 6.45. The fourth-order valence-electron chi connectivity index (χ4n) is 3.01. The molecule has 3 rings (SSSR count). The lowest BCUT2D eigenvalue weighted by molar-refractivity contribution is 0.102. The van der Waals surface area contributed by atoms with Crippen molar-refractivity contribution < 1.29 is 5.11 Å². The van der Waals surface area contributed by atoms with Crippen molar-refractivity contribution >= 4 is 28.2 Å². The lowest BCUT2D eigenvalue weighted by Crippen LogP contribution is -2.40. The van der Waals surface area contributed by atoms with Crippen LogP contribution in [0.5, 0.6) is 0 Å². The van der Waals surface area contributed by atoms with Crippen LogP contribution in [0.2, 0.25) is 0 Å². The van der Waals surface area contributed by atoms with E-state index in [9.17, 15) is 5.11 Å². The Balaban J connectivity index is 1.90. The van der Waals surface area contributed by atoms with Crippen molar-refractivity contribution in [3.63, 3.8) is 0 Å². The molecule has 3 nitrogen and oxygen atoms in total. The summed E-state index contributed by atoms with van der Waals surface area (Å²) in [4.78, 5) is 8.37. The van der Waals surface area contributed by atoms with Gasteiger partial charge < -0.3 is 10.0 Å². The van der Waals surface area contributed by atoms with E-state index in [0.717, 1.165) is 35.1 Å². The number of hydrogen-bond donors (Lipinski definition) is 1. The minimum absolute atomic E-state index is 0.168. The van der Waals surface area contributed by atoms with E-state index in [1.807, 2.05) is 11.8 Å². The lowest BCUT2D eigenvalue weighted by atomic mass is 9.77. The Labute approximate surface area is 123 Å². The van der Waals surface area contributed by atoms with E-state index in [-0.39, 0.29) is 11.5 Å². The molecule has 1 aromatic heterocycles. The van der Waals surface area contributed by atoms with Crippen LogP contribution in [0.25, 0.3) is 0 Å². The number of rotatable bonds is 1. The van der Waals surface area contributed by atoms with Gasteiger partial charge in [-0.1, -0.05) is 25.2 Å². The molecule has 0 spiro atoms. The van der Waals surface area contributed by atoms with Crippen LogP contribution in [0.4, 0.5) is 5.13 Å². The maximum Gasteiger partial charge on any atom is 0.186 e. The van der Waals surface area contributed by atoms with Crippen molar-refractivity contribution in [3.8, 4) is 0 Å². The molecular weight excluding hydrogens is 276 g/mol. The molecule has 2 aliphatic rings. The number of aromatic nitrogens is 1. The van der Waals surface area contributed by atoms with Gasteiger partial charge in [0.2, 0.25) is 0 Å². The molecule has 0 amide bonds. The van der Waals surface area contributed by atoms with Crippen molar-refractivity contribution in [1.29, 1.82) is 0 Å². The highest BCUT2D eigenvalue weighted by Gasteiger charge is 2.35. The lowest BCUT2D eigenvalue weighted by Gasteiger charge is -2.32. The maximum atomic E-state index is 10.3. The van der Waals surface area contributed by atoms with Crippen LogP contribution in [0, 0.1) is 5.41 Å². The molecule has 1 fully saturated rings. The van der Waals surface area contributed by atoms with E-state index in [1.54, 1.807) is 11.3 Å². The molecule has 5 heteroatoms. The number of hydrogen-bond acceptors (Lipinski definition) is 5. The van der Waals surface area contributed by atoms with Crippen LogP contribution >= 0.6 is 23.1 Å². The highest BCUT2D eigenvalue weighted by atomic mass is 32.2. The molecule has 1 aromatic rings. The molecule has 2 unspecified atom stereocenters. The van der Waals surface area contributed by atoms with Gasteiger partial charge in [0.15, 0.2) is 5.13 Å². The molecule has 1 N–H and O–H groups in total. The average Bonchev–Trinajstić information content (AvgIpc) is 2.71. The minimum Gasteiger partial charge on any atom is -0.387 e. The zero-order valence-corrected chi connectivity index (χ0v) is 13.5. The van der Waals surface area contributed by atoms with E-state index in [0.29, 0.717) is 6.04 Å². The number of thiazole rings is 1. The van der Waals surface area contributed by atoms with E-state index in [4.69, 9.17) is 4.98 Å². The maximum absolute atomic E-state index is 10.3. The zero-order valence-electron chi connectivity index (χ0n) is 11.8. The van der Waals surface area contributed by atoms with E-state index < -0.39 is 0 Å². The Morgan fingerprint density at radius 3 is 2.95 bits per heavy atom. The smallest absolute Gasteiger partial charge is 0.186 e. The van der Waals surface area contributed by atoms with Crippen molar-refractivity contribution in [1.82, 2.24) is 4.98 Å². The molecule has 1 saturated heterocycles. The summed E-state index contributed by atoms with van der Waals surface area (Å²) < 4.78 is 0. The predicted octanol–water partition coefficient (Wildman–Crippen LogP) is 3.09. The second-order valence-corrected chi connectivity index (χ2v) is 8.64. The average molecular weight is 298 g/mol. The molecule has 0 saturated carbocycles. The molecular formula is C14H22N2OS2. The fraction of sp³-hybridized carbons (Fsp3) is 0.786. The van der Waals surface area contributed by atoms with Gasteiger partial charge in [-0.05, 0) is 25.2 Å². The summed E-state index contributed by atoms with van der Waals surface area (Å²) >= 11 is 3.73. The van der Waals surface area contributed by atoms with Crippen molar-refractivity contribution in [2.45, 2.75) is 45.8 Å². The van der Waals surface area contributed by atoms with Crippen LogP contribution in [-0.2, 0) is 6.42 Å². The Hall–Kier alpha value is -0.260. The largest absolute Gasteiger partial charge is 0.387 e. The third-order valence-electron chi connectivity index (χ3n) is 4.02. The van der Waals surface area contributed by atoms with Gasteiger partial charge >= 0.3 is 0 Å². The van der Waals surface area contributed by atoms with Gasteiger partial charge in [0, 0.05) is 24.1 Å². The van der Waals surface area contributed by atoms with E-state index in [1.165, 1.54) is 11.5 Å². The SMILES string of the molecule is CC1CSCCN1c1nc2c(s1)C(O)CC(C)(C)C2. The highest BCUT2D eigenvalue weighted by molar-refractivity contribution is 7.99. The fourth-order valence-corrected chi connectivity index (χ4v) is 5.22. The molecule has 0 radical (unpaired) electrons. The molecule has 0 aromatic carbocycles. The van der Waals surface area contributed by atoms with Gasteiger partial charge in [-0.3, -0.25) is 0 Å². The normalized spacial score (nSPS) is 30.2. The van der Waals surface area contributed by atoms with Crippen LogP contribution in [0.15, 0.2) is 0 Å². The number of aliphatic hydroxyl groups excluding tert-OH is 1. The summed E-state index contributed by atoms with van der Waals surface area (Å²) in [5.74, 6) is 2.36. The van der Waals surface area contributed by atoms with Gasteiger partial charge in [-0.25, -0.2) is 4.98 Å². The van der Waals surface area contributed by atoms with Crippen LogP contribution in [0.1, 0.15) is 43.9 Å². The van der Waals surface area contributed by atoms with E-state index >= 15 is 0 Å². The summed E-state index contributed by atoms with van der Waals surface area (Å²) in [6.07, 6.45) is 1.53. The summed E-state index contributed by atoms with van der Waals surface area (Å²) in [6, 6.07) is 0.552. The number of anilines is 1. The van der Waals surface area contributed by atoms with Crippen molar-refractivity contribution in [2.24, 2.45) is 5.41 Å². The molecule has 106 valence electrons. The summed E-state index contributed by atoms with van der Waals surface area (Å²) in [6.45, 7) is 7.79. The van der Waals surface area contributed by atoms with Crippen LogP contribution in [-0.4, -0.2) is 34.2 Å². The first-order valence-corrected chi connectivity index (χ1v) is 8.95. The molecule has 1 aliphatic heterocycles. The van der Waals surface area contributed by atoms with Gasteiger partial charge in [-0.15, -0.1) is 0 Å². The zero-order chi connectivity index (χ0) is 13.6. The minimum atomic E-state index is -0.320. The van der Waals surface area contributed by atoms with Gasteiger partial charge in [0.05, 0.1) is 16.7 Å². The molecule has 1 aliphatic carbocycles. The quantitative estimate of drug-likeness (QED) is 0.864. The number of fused-ring (bicyclic) bond motifs is 1. The first-order chi connectivity index (χ1) is 8.96. The van der Waals surface area contributed by atoms with Crippen molar-refractivity contribution in [3.05, 3.63) is 10.6 Å². The number of aliphatic hydroxyl groups is 1. The molecule has 2 atom stereocenters. The Bertz CT molecular complexity index is 472. The van der Waals surface area contributed by atoms with Crippen LogP contribution < -0.4 is 4.90 Å². The Morgan fingerprint density at radius 1 is 1.42 bits per heavy atom. The summed E-state index contributed by atoms with van der Waals surface area (Å²) in [5, 5.41) is 11.4. The molecule has 0 bridgehead atoms. The highest BCUT2D eigenvalue weighted by Crippen LogP contribution is 2.45. The molecule has 19 heavy (non-hydrogen) atoms. The predicted molar refractivity (Wildman–Crippen MR) is 83.3 cm³/mol. The third kappa shape index (κ3) is 2.65. The number of thioether (sulfide) groups is 1. The monoisotopic (exact) mass is 298 g/mol. The van der Waals surface area contributed by atoms with Gasteiger partial charge in [0.25, 0.3) is 0 Å². The molecule has 2 heterocycles. The first kappa shape index (κ1) is 13.7. The Kier molecular flexibility index (Phi) is 3.56. The summed E-state index contributed by atoms with van der Waals surface area (Å²) in [5.41, 5.74) is 1.30. The summed E-state index contributed by atoms with van der Waals surface area (Å²) in [7, 11) is 0. The van der Waals surface area contributed by atoms with Gasteiger partial charge in [0.1, 0.15) is 0 Å². The second-order valence-electron chi connectivity index (χ2n) is 6.49. The second kappa shape index (κ2) is 4.93. The van der Waals surface area contributed by atoms with Crippen LogP contribution in [0.3, 0.4) is 0 Å². The topological polar surface area (TPSA) is 36.4 Å². The standard InChI is InChI=1S/C14H22N2OS2/c1-9-8-18-5-4-16(9)13-15-10-6-14(2,3)7-11(17)12(10)19-13/h9,11,17H,4-8H2,1-3H3.